The van der Waals surface area contributed by atoms with Gasteiger partial charge in [-0.25, -0.2) is 0 Å². The van der Waals surface area contributed by atoms with Gasteiger partial charge in [-0.3, -0.25) is 9.69 Å². The number of carbonyl (C=O) groups is 1. The van der Waals surface area contributed by atoms with E-state index in [-0.39, 0.29) is 11.9 Å². The topological polar surface area (TPSA) is 57.3 Å². The van der Waals surface area contributed by atoms with Crippen molar-refractivity contribution in [3.63, 3.8) is 0 Å². The molecule has 1 heterocycles. The number of carbonyl (C=O) groups excluding carboxylic acids is 1. The molecule has 7 nitrogen and oxygen atoms in total. The van der Waals surface area contributed by atoms with Crippen molar-refractivity contribution in [1.82, 2.24) is 15.1 Å². The Morgan fingerprint density at radius 1 is 1.00 bits per heavy atom. The smallest absolute Gasteiger partial charge is 0.251 e. The third-order valence-electron chi connectivity index (χ3n) is 5.84. The molecular weight excluding hydrogens is 392 g/mol. The summed E-state index contributed by atoms with van der Waals surface area (Å²) < 4.78 is 10.6. The number of amides is 1. The van der Waals surface area contributed by atoms with Crippen LogP contribution in [0.5, 0.6) is 11.5 Å². The Balaban J connectivity index is 1.77. The Morgan fingerprint density at radius 3 is 2.10 bits per heavy atom. The summed E-state index contributed by atoms with van der Waals surface area (Å²) in [5.41, 5.74) is 2.89. The summed E-state index contributed by atoms with van der Waals surface area (Å²) in [5, 5.41) is 3.13. The van der Waals surface area contributed by atoms with Gasteiger partial charge in [0, 0.05) is 64.1 Å². The molecule has 1 N–H and O–H groups in total. The van der Waals surface area contributed by atoms with Gasteiger partial charge in [0.1, 0.15) is 11.5 Å². The minimum atomic E-state index is -0.138. The minimum Gasteiger partial charge on any atom is -0.497 e. The summed E-state index contributed by atoms with van der Waals surface area (Å²) in [6, 6.07) is 13.9. The lowest BCUT2D eigenvalue weighted by Crippen LogP contribution is -2.48. The zero-order valence-electron chi connectivity index (χ0n) is 19.2. The van der Waals surface area contributed by atoms with Crippen molar-refractivity contribution in [2.45, 2.75) is 6.04 Å². The van der Waals surface area contributed by atoms with Crippen molar-refractivity contribution in [2.24, 2.45) is 0 Å². The number of ether oxygens (including phenoxy) is 2. The van der Waals surface area contributed by atoms with E-state index in [4.69, 9.17) is 9.47 Å². The first-order valence-corrected chi connectivity index (χ1v) is 10.6. The highest BCUT2D eigenvalue weighted by Gasteiger charge is 2.25. The Labute approximate surface area is 185 Å². The first kappa shape index (κ1) is 22.9. The molecule has 0 radical (unpaired) electrons. The lowest BCUT2D eigenvalue weighted by molar-refractivity contribution is 0.0885. The number of hydrogen-bond donors (Lipinski definition) is 1. The average Bonchev–Trinajstić information content (AvgIpc) is 2.80. The van der Waals surface area contributed by atoms with Crippen LogP contribution in [0.1, 0.15) is 22.0 Å². The molecule has 1 atom stereocenters. The van der Waals surface area contributed by atoms with Gasteiger partial charge in [-0.2, -0.15) is 0 Å². The molecular formula is C24H34N4O3. The maximum atomic E-state index is 12.9. The van der Waals surface area contributed by atoms with Crippen LogP contribution < -0.4 is 19.7 Å². The van der Waals surface area contributed by atoms with Gasteiger partial charge < -0.3 is 24.6 Å². The number of benzene rings is 2. The largest absolute Gasteiger partial charge is 0.497 e. The fraction of sp³-hybridized carbons (Fsp3) is 0.458. The van der Waals surface area contributed by atoms with Crippen molar-refractivity contribution >= 4 is 11.6 Å². The Morgan fingerprint density at radius 2 is 1.58 bits per heavy atom. The van der Waals surface area contributed by atoms with E-state index in [9.17, 15) is 4.79 Å². The molecule has 2 aromatic carbocycles. The van der Waals surface area contributed by atoms with Crippen LogP contribution in [0.3, 0.4) is 0 Å². The predicted octanol–water partition coefficient (Wildman–Crippen LogP) is 2.49. The van der Waals surface area contributed by atoms with E-state index in [1.165, 1.54) is 5.56 Å². The van der Waals surface area contributed by atoms with Crippen LogP contribution in [0.4, 0.5) is 5.69 Å². The summed E-state index contributed by atoms with van der Waals surface area (Å²) in [7, 11) is 9.38. The van der Waals surface area contributed by atoms with Gasteiger partial charge in [-0.05, 0) is 36.9 Å². The van der Waals surface area contributed by atoms with Crippen LogP contribution in [0.2, 0.25) is 0 Å². The number of likely N-dealkylation sites (N-methyl/N-ethyl adjacent to an activating group) is 1. The molecule has 2 aromatic rings. The van der Waals surface area contributed by atoms with Crippen LogP contribution in [0.15, 0.2) is 42.5 Å². The summed E-state index contributed by atoms with van der Waals surface area (Å²) in [6.07, 6.45) is 0. The van der Waals surface area contributed by atoms with Crippen molar-refractivity contribution < 1.29 is 14.3 Å². The van der Waals surface area contributed by atoms with Crippen molar-refractivity contribution in [3.8, 4) is 11.5 Å². The lowest BCUT2D eigenvalue weighted by Gasteiger charge is -2.38. The first-order chi connectivity index (χ1) is 14.9. The second kappa shape index (κ2) is 10.5. The quantitative estimate of drug-likeness (QED) is 0.700. The molecule has 31 heavy (non-hydrogen) atoms. The van der Waals surface area contributed by atoms with Crippen molar-refractivity contribution in [1.29, 1.82) is 0 Å². The Kier molecular flexibility index (Phi) is 7.76. The van der Waals surface area contributed by atoms with Gasteiger partial charge in [-0.1, -0.05) is 12.1 Å². The molecule has 1 aliphatic heterocycles. The molecule has 1 aliphatic rings. The number of rotatable bonds is 8. The Hall–Kier alpha value is -2.77. The van der Waals surface area contributed by atoms with E-state index in [0.29, 0.717) is 23.6 Å². The van der Waals surface area contributed by atoms with Crippen LogP contribution >= 0.6 is 0 Å². The third kappa shape index (κ3) is 5.89. The molecule has 1 amide bonds. The highest BCUT2D eigenvalue weighted by atomic mass is 16.5. The van der Waals surface area contributed by atoms with Crippen molar-refractivity contribution in [3.05, 3.63) is 53.6 Å². The van der Waals surface area contributed by atoms with Gasteiger partial charge in [-0.15, -0.1) is 0 Å². The molecule has 1 fully saturated rings. The van der Waals surface area contributed by atoms with E-state index in [1.54, 1.807) is 32.4 Å². The molecule has 7 heteroatoms. The molecule has 0 aromatic heterocycles. The molecule has 1 unspecified atom stereocenters. The molecule has 0 saturated carbocycles. The first-order valence-electron chi connectivity index (χ1n) is 10.6. The maximum absolute atomic E-state index is 12.9. The van der Waals surface area contributed by atoms with Crippen LogP contribution in [0.25, 0.3) is 0 Å². The van der Waals surface area contributed by atoms with Gasteiger partial charge in [0.05, 0.1) is 20.3 Å². The highest BCUT2D eigenvalue weighted by molar-refractivity contribution is 5.95. The zero-order valence-corrected chi connectivity index (χ0v) is 19.2. The fourth-order valence-corrected chi connectivity index (χ4v) is 3.82. The van der Waals surface area contributed by atoms with Crippen LogP contribution in [-0.2, 0) is 0 Å². The van der Waals surface area contributed by atoms with Gasteiger partial charge in [0.2, 0.25) is 0 Å². The lowest BCUT2D eigenvalue weighted by atomic mass is 10.0. The van der Waals surface area contributed by atoms with Gasteiger partial charge in [0.25, 0.3) is 5.91 Å². The number of piperazine rings is 1. The number of nitrogens with one attached hydrogen (secondary N) is 1. The highest BCUT2D eigenvalue weighted by Crippen LogP contribution is 2.25. The van der Waals surface area contributed by atoms with Crippen LogP contribution in [0, 0.1) is 0 Å². The van der Waals surface area contributed by atoms with E-state index < -0.39 is 0 Å². The third-order valence-corrected chi connectivity index (χ3v) is 5.84. The summed E-state index contributed by atoms with van der Waals surface area (Å²) >= 11 is 0. The van der Waals surface area contributed by atoms with E-state index >= 15 is 0 Å². The maximum Gasteiger partial charge on any atom is 0.251 e. The standard InChI is InChI=1S/C24H34N4O3/c1-26(2)20-8-6-18(7-9-20)23(28-12-10-27(3)11-13-28)17-25-24(29)19-14-21(30-4)16-22(15-19)31-5/h6-9,14-16,23H,10-13,17H2,1-5H3,(H,25,29). The predicted molar refractivity (Wildman–Crippen MR) is 124 cm³/mol. The van der Waals surface area contributed by atoms with E-state index in [2.05, 4.69) is 51.3 Å². The average molecular weight is 427 g/mol. The normalized spacial score (nSPS) is 15.9. The zero-order chi connectivity index (χ0) is 22.4. The van der Waals surface area contributed by atoms with Crippen molar-refractivity contribution in [2.75, 3.05) is 73.0 Å². The number of methoxy groups -OCH3 is 2. The van der Waals surface area contributed by atoms with Gasteiger partial charge >= 0.3 is 0 Å². The molecule has 0 spiro atoms. The second-order valence-electron chi connectivity index (χ2n) is 8.15. The van der Waals surface area contributed by atoms with Crippen LogP contribution in [-0.4, -0.2) is 83.8 Å². The Bertz CT molecular complexity index is 839. The molecule has 1 saturated heterocycles. The van der Waals surface area contributed by atoms with E-state index in [0.717, 1.165) is 31.9 Å². The molecule has 0 aliphatic carbocycles. The SMILES string of the molecule is COc1cc(OC)cc(C(=O)NCC(c2ccc(N(C)C)cc2)N2CCN(C)CC2)c1. The minimum absolute atomic E-state index is 0.112. The number of nitrogens with zero attached hydrogens (tertiary/aromatic N) is 3. The molecule has 0 bridgehead atoms. The number of anilines is 1. The van der Waals surface area contributed by atoms with E-state index in [1.807, 2.05) is 14.1 Å². The molecule has 3 rings (SSSR count). The van der Waals surface area contributed by atoms with Gasteiger partial charge in [0.15, 0.2) is 0 Å². The second-order valence-corrected chi connectivity index (χ2v) is 8.15. The summed E-state index contributed by atoms with van der Waals surface area (Å²) in [5.74, 6) is 1.06. The monoisotopic (exact) mass is 426 g/mol. The summed E-state index contributed by atoms with van der Waals surface area (Å²) in [4.78, 5) is 19.8. The molecule has 168 valence electrons. The summed E-state index contributed by atoms with van der Waals surface area (Å²) in [6.45, 7) is 4.52. The fourth-order valence-electron chi connectivity index (χ4n) is 3.82. The number of hydrogen-bond acceptors (Lipinski definition) is 6.